The van der Waals surface area contributed by atoms with Crippen LogP contribution in [0.2, 0.25) is 0 Å². The second-order valence-corrected chi connectivity index (χ2v) is 4.60. The van der Waals surface area contributed by atoms with Gasteiger partial charge in [0.15, 0.2) is 0 Å². The number of nitro groups is 1. The van der Waals surface area contributed by atoms with Crippen LogP contribution in [-0.2, 0) is 4.79 Å². The van der Waals surface area contributed by atoms with Crippen molar-refractivity contribution in [2.45, 2.75) is 19.3 Å². The molecule has 0 fully saturated rings. The highest BCUT2D eigenvalue weighted by atomic mass is 16.6. The number of benzene rings is 1. The summed E-state index contributed by atoms with van der Waals surface area (Å²) in [7, 11) is 0. The molecule has 0 saturated heterocycles. The minimum atomic E-state index is -0.937. The van der Waals surface area contributed by atoms with Gasteiger partial charge in [-0.3, -0.25) is 29.4 Å². The molecule has 0 aromatic heterocycles. The van der Waals surface area contributed by atoms with Gasteiger partial charge in [0.2, 0.25) is 0 Å². The van der Waals surface area contributed by atoms with E-state index in [-0.39, 0.29) is 29.8 Å². The van der Waals surface area contributed by atoms with E-state index in [1.165, 1.54) is 12.1 Å². The predicted octanol–water partition coefficient (Wildman–Crippen LogP) is 1.45. The number of carboxylic acid groups (broad SMARTS) is 1. The lowest BCUT2D eigenvalue weighted by Crippen LogP contribution is -2.30. The van der Waals surface area contributed by atoms with Crippen molar-refractivity contribution in [2.24, 2.45) is 0 Å². The van der Waals surface area contributed by atoms with E-state index in [4.69, 9.17) is 5.11 Å². The summed E-state index contributed by atoms with van der Waals surface area (Å²) in [5, 5.41) is 19.2. The summed E-state index contributed by atoms with van der Waals surface area (Å²) in [6.45, 7) is 0.105. The summed E-state index contributed by atoms with van der Waals surface area (Å²) in [4.78, 5) is 45.6. The minimum absolute atomic E-state index is 0.0208. The first kappa shape index (κ1) is 14.6. The van der Waals surface area contributed by atoms with Crippen molar-refractivity contribution in [3.8, 4) is 0 Å². The summed E-state index contributed by atoms with van der Waals surface area (Å²) in [6, 6.07) is 3.54. The molecule has 1 N–H and O–H groups in total. The predicted molar refractivity (Wildman–Crippen MR) is 70.0 cm³/mol. The largest absolute Gasteiger partial charge is 0.481 e. The van der Waals surface area contributed by atoms with Crippen LogP contribution in [0.5, 0.6) is 0 Å². The molecule has 0 bridgehead atoms. The van der Waals surface area contributed by atoms with E-state index < -0.39 is 22.7 Å². The number of carbonyl (C=O) groups excluding carboxylic acids is 2. The number of carbonyl (C=O) groups is 3. The van der Waals surface area contributed by atoms with Crippen molar-refractivity contribution < 1.29 is 24.4 Å². The van der Waals surface area contributed by atoms with E-state index in [0.717, 1.165) is 11.0 Å². The van der Waals surface area contributed by atoms with E-state index in [9.17, 15) is 24.5 Å². The Hall–Kier alpha value is -2.77. The Labute approximate surface area is 119 Å². The standard InChI is InChI=1S/C13H12N2O6/c16-11(17)3-1-2-6-14-12(18)9-5-4-8(15(20)21)7-10(9)13(14)19/h4-5,7H,1-3,6H2,(H,16,17). The number of rotatable bonds is 6. The number of nitro benzene ring substituents is 1. The summed E-state index contributed by atoms with van der Waals surface area (Å²) in [5.41, 5.74) is -0.0844. The fourth-order valence-electron chi connectivity index (χ4n) is 2.14. The molecule has 0 saturated carbocycles. The third-order valence-electron chi connectivity index (χ3n) is 3.19. The van der Waals surface area contributed by atoms with Gasteiger partial charge < -0.3 is 5.11 Å². The van der Waals surface area contributed by atoms with Crippen LogP contribution in [0.3, 0.4) is 0 Å². The van der Waals surface area contributed by atoms with Gasteiger partial charge in [-0.15, -0.1) is 0 Å². The molecule has 0 aliphatic carbocycles. The van der Waals surface area contributed by atoms with E-state index >= 15 is 0 Å². The molecule has 21 heavy (non-hydrogen) atoms. The summed E-state index contributed by atoms with van der Waals surface area (Å²) < 4.78 is 0. The molecule has 110 valence electrons. The van der Waals surface area contributed by atoms with Crippen LogP contribution in [-0.4, -0.2) is 39.3 Å². The van der Waals surface area contributed by atoms with E-state index in [2.05, 4.69) is 0 Å². The Morgan fingerprint density at radius 1 is 1.19 bits per heavy atom. The molecule has 2 amide bonds. The number of carboxylic acids is 1. The fraction of sp³-hybridized carbons (Fsp3) is 0.308. The first-order chi connectivity index (χ1) is 9.91. The monoisotopic (exact) mass is 292 g/mol. The Bertz CT molecular complexity index is 640. The van der Waals surface area contributed by atoms with Gasteiger partial charge in [0.25, 0.3) is 17.5 Å². The SMILES string of the molecule is O=C(O)CCCCN1C(=O)c2ccc([N+](=O)[O-])cc2C1=O. The Morgan fingerprint density at radius 2 is 1.86 bits per heavy atom. The number of aliphatic carboxylic acids is 1. The molecule has 8 heteroatoms. The van der Waals surface area contributed by atoms with Crippen molar-refractivity contribution in [1.82, 2.24) is 4.90 Å². The average Bonchev–Trinajstić information content (AvgIpc) is 2.67. The maximum Gasteiger partial charge on any atom is 0.303 e. The van der Waals surface area contributed by atoms with Crippen molar-refractivity contribution in [3.05, 3.63) is 39.4 Å². The number of hydrogen-bond donors (Lipinski definition) is 1. The third kappa shape index (κ3) is 2.88. The summed E-state index contributed by atoms with van der Waals surface area (Å²) in [5.74, 6) is -2.01. The zero-order chi connectivity index (χ0) is 15.6. The molecule has 0 unspecified atom stereocenters. The molecule has 1 heterocycles. The second kappa shape index (κ2) is 5.70. The lowest BCUT2D eigenvalue weighted by Gasteiger charge is -2.12. The molecule has 1 aliphatic rings. The van der Waals surface area contributed by atoms with Gasteiger partial charge in [0, 0.05) is 25.1 Å². The van der Waals surface area contributed by atoms with Crippen LogP contribution < -0.4 is 0 Å². The molecule has 0 radical (unpaired) electrons. The Kier molecular flexibility index (Phi) is 3.97. The molecule has 1 aromatic rings. The van der Waals surface area contributed by atoms with Crippen molar-refractivity contribution in [2.75, 3.05) is 6.54 Å². The quantitative estimate of drug-likeness (QED) is 0.367. The normalized spacial score (nSPS) is 13.4. The number of amides is 2. The van der Waals surface area contributed by atoms with Gasteiger partial charge in [-0.2, -0.15) is 0 Å². The zero-order valence-corrected chi connectivity index (χ0v) is 10.9. The van der Waals surface area contributed by atoms with Gasteiger partial charge in [-0.25, -0.2) is 0 Å². The molecule has 1 aliphatic heterocycles. The van der Waals surface area contributed by atoms with Gasteiger partial charge in [0.1, 0.15) is 0 Å². The first-order valence-electron chi connectivity index (χ1n) is 6.28. The molecule has 1 aromatic carbocycles. The molecular weight excluding hydrogens is 280 g/mol. The van der Waals surface area contributed by atoms with Crippen LogP contribution in [0.4, 0.5) is 5.69 Å². The van der Waals surface area contributed by atoms with Crippen LogP contribution >= 0.6 is 0 Å². The smallest absolute Gasteiger partial charge is 0.303 e. The van der Waals surface area contributed by atoms with Crippen LogP contribution in [0.1, 0.15) is 40.0 Å². The highest BCUT2D eigenvalue weighted by molar-refractivity contribution is 6.21. The third-order valence-corrected chi connectivity index (χ3v) is 3.19. The summed E-state index contributed by atoms with van der Waals surface area (Å²) >= 11 is 0. The number of fused-ring (bicyclic) bond motifs is 1. The zero-order valence-electron chi connectivity index (χ0n) is 10.9. The maximum absolute atomic E-state index is 12.1. The maximum atomic E-state index is 12.1. The van der Waals surface area contributed by atoms with Crippen LogP contribution in [0, 0.1) is 10.1 Å². The van der Waals surface area contributed by atoms with Crippen LogP contribution in [0.25, 0.3) is 0 Å². The number of hydrogen-bond acceptors (Lipinski definition) is 5. The van der Waals surface area contributed by atoms with Crippen LogP contribution in [0.15, 0.2) is 18.2 Å². The Balaban J connectivity index is 2.11. The molecule has 0 spiro atoms. The second-order valence-electron chi connectivity index (χ2n) is 4.60. The number of unbranched alkanes of at least 4 members (excludes halogenated alkanes) is 1. The lowest BCUT2D eigenvalue weighted by atomic mass is 10.1. The van der Waals surface area contributed by atoms with E-state index in [1.807, 2.05) is 0 Å². The summed E-state index contributed by atoms with van der Waals surface area (Å²) in [6.07, 6.45) is 0.692. The molecule has 0 atom stereocenters. The van der Waals surface area contributed by atoms with E-state index in [0.29, 0.717) is 12.8 Å². The highest BCUT2D eigenvalue weighted by Crippen LogP contribution is 2.27. The lowest BCUT2D eigenvalue weighted by molar-refractivity contribution is -0.384. The van der Waals surface area contributed by atoms with Crippen molar-refractivity contribution in [3.63, 3.8) is 0 Å². The average molecular weight is 292 g/mol. The number of imide groups is 1. The van der Waals surface area contributed by atoms with E-state index in [1.54, 1.807) is 0 Å². The highest BCUT2D eigenvalue weighted by Gasteiger charge is 2.36. The van der Waals surface area contributed by atoms with Crippen molar-refractivity contribution >= 4 is 23.5 Å². The van der Waals surface area contributed by atoms with Gasteiger partial charge in [0.05, 0.1) is 16.1 Å². The molecular formula is C13H12N2O6. The molecule has 8 nitrogen and oxygen atoms in total. The molecule has 2 rings (SSSR count). The van der Waals surface area contributed by atoms with Crippen molar-refractivity contribution in [1.29, 1.82) is 0 Å². The topological polar surface area (TPSA) is 118 Å². The fourth-order valence-corrected chi connectivity index (χ4v) is 2.14. The van der Waals surface area contributed by atoms with Gasteiger partial charge >= 0.3 is 5.97 Å². The Morgan fingerprint density at radius 3 is 2.48 bits per heavy atom. The minimum Gasteiger partial charge on any atom is -0.481 e. The van der Waals surface area contributed by atoms with Gasteiger partial charge in [-0.05, 0) is 18.9 Å². The number of non-ortho nitro benzene ring substituents is 1. The first-order valence-corrected chi connectivity index (χ1v) is 6.28. The van der Waals surface area contributed by atoms with Gasteiger partial charge in [-0.1, -0.05) is 0 Å². The number of nitrogens with zero attached hydrogens (tertiary/aromatic N) is 2.